The lowest BCUT2D eigenvalue weighted by Gasteiger charge is -2.27. The summed E-state index contributed by atoms with van der Waals surface area (Å²) in [4.78, 5) is 12.5. The van der Waals surface area contributed by atoms with Crippen LogP contribution in [0.5, 0.6) is 0 Å². The molecule has 1 aliphatic rings. The Bertz CT molecular complexity index is 631. The molecule has 1 amide bonds. The summed E-state index contributed by atoms with van der Waals surface area (Å²) in [6.07, 6.45) is 2.01. The number of piperidine rings is 1. The largest absolute Gasteiger partial charge is 0.325 e. The van der Waals surface area contributed by atoms with E-state index in [0.29, 0.717) is 6.04 Å². The number of nitrogens with one attached hydrogen (secondary N) is 2. The fraction of sp³-hybridized carbons (Fsp3) is 0.316. The van der Waals surface area contributed by atoms with Gasteiger partial charge in [-0.05, 0) is 31.4 Å². The van der Waals surface area contributed by atoms with Gasteiger partial charge < -0.3 is 10.6 Å². The summed E-state index contributed by atoms with van der Waals surface area (Å²) in [7, 11) is 0. The van der Waals surface area contributed by atoms with E-state index in [2.05, 4.69) is 29.7 Å². The molecule has 0 spiro atoms. The number of benzene rings is 2. The normalized spacial score (nSPS) is 21.3. The topological polar surface area (TPSA) is 41.1 Å². The van der Waals surface area contributed by atoms with Crippen molar-refractivity contribution in [1.29, 1.82) is 0 Å². The average molecular weight is 294 g/mol. The zero-order valence-electron chi connectivity index (χ0n) is 12.9. The SMILES string of the molecule is CC1CCC(C(=O)Nc2ccccc2-c2ccccc2)CN1. The van der Waals surface area contributed by atoms with Gasteiger partial charge in [0, 0.05) is 23.8 Å². The number of hydrogen-bond donors (Lipinski definition) is 2. The van der Waals surface area contributed by atoms with Crippen LogP contribution in [0.3, 0.4) is 0 Å². The molecule has 3 nitrogen and oxygen atoms in total. The van der Waals surface area contributed by atoms with E-state index in [-0.39, 0.29) is 11.8 Å². The molecule has 2 N–H and O–H groups in total. The van der Waals surface area contributed by atoms with Crippen molar-refractivity contribution in [3.8, 4) is 11.1 Å². The van der Waals surface area contributed by atoms with Crippen molar-refractivity contribution in [3.05, 3.63) is 54.6 Å². The molecule has 0 aromatic heterocycles. The lowest BCUT2D eigenvalue weighted by atomic mass is 9.94. The molecule has 3 heteroatoms. The first-order valence-corrected chi connectivity index (χ1v) is 7.93. The highest BCUT2D eigenvalue weighted by atomic mass is 16.1. The zero-order chi connectivity index (χ0) is 15.4. The first-order valence-electron chi connectivity index (χ1n) is 7.93. The minimum absolute atomic E-state index is 0.0556. The van der Waals surface area contributed by atoms with Crippen LogP contribution in [0, 0.1) is 5.92 Å². The third kappa shape index (κ3) is 3.37. The third-order valence-corrected chi connectivity index (χ3v) is 4.30. The van der Waals surface area contributed by atoms with Gasteiger partial charge in [-0.15, -0.1) is 0 Å². The summed E-state index contributed by atoms with van der Waals surface area (Å²) in [5.74, 6) is 0.169. The van der Waals surface area contributed by atoms with Crippen molar-refractivity contribution in [2.24, 2.45) is 5.92 Å². The van der Waals surface area contributed by atoms with Gasteiger partial charge in [0.05, 0.1) is 5.92 Å². The lowest BCUT2D eigenvalue weighted by Crippen LogP contribution is -2.41. The van der Waals surface area contributed by atoms with E-state index in [1.807, 2.05) is 42.5 Å². The molecule has 22 heavy (non-hydrogen) atoms. The number of hydrogen-bond acceptors (Lipinski definition) is 2. The Hall–Kier alpha value is -2.13. The molecule has 114 valence electrons. The van der Waals surface area contributed by atoms with Gasteiger partial charge >= 0.3 is 0 Å². The second-order valence-electron chi connectivity index (χ2n) is 5.98. The Kier molecular flexibility index (Phi) is 4.54. The molecule has 0 radical (unpaired) electrons. The zero-order valence-corrected chi connectivity index (χ0v) is 12.9. The number of amides is 1. The highest BCUT2D eigenvalue weighted by molar-refractivity contribution is 5.96. The summed E-state index contributed by atoms with van der Waals surface area (Å²) < 4.78 is 0. The Morgan fingerprint density at radius 1 is 1.05 bits per heavy atom. The van der Waals surface area contributed by atoms with E-state index in [9.17, 15) is 4.79 Å². The minimum Gasteiger partial charge on any atom is -0.325 e. The highest BCUT2D eigenvalue weighted by Gasteiger charge is 2.24. The molecular weight excluding hydrogens is 272 g/mol. The average Bonchev–Trinajstić information content (AvgIpc) is 2.57. The second-order valence-corrected chi connectivity index (χ2v) is 5.98. The first-order chi connectivity index (χ1) is 10.7. The van der Waals surface area contributed by atoms with Crippen molar-refractivity contribution in [3.63, 3.8) is 0 Å². The summed E-state index contributed by atoms with van der Waals surface area (Å²) in [6, 6.07) is 18.7. The molecule has 0 bridgehead atoms. The smallest absolute Gasteiger partial charge is 0.228 e. The van der Waals surface area contributed by atoms with E-state index in [0.717, 1.165) is 36.2 Å². The van der Waals surface area contributed by atoms with Crippen molar-refractivity contribution >= 4 is 11.6 Å². The van der Waals surface area contributed by atoms with E-state index >= 15 is 0 Å². The van der Waals surface area contributed by atoms with Gasteiger partial charge in [0.25, 0.3) is 0 Å². The van der Waals surface area contributed by atoms with Crippen LogP contribution in [0.4, 0.5) is 5.69 Å². The van der Waals surface area contributed by atoms with E-state index in [1.165, 1.54) is 0 Å². The minimum atomic E-state index is 0.0556. The summed E-state index contributed by atoms with van der Waals surface area (Å²) >= 11 is 0. The highest BCUT2D eigenvalue weighted by Crippen LogP contribution is 2.28. The van der Waals surface area contributed by atoms with Crippen molar-refractivity contribution < 1.29 is 4.79 Å². The molecule has 2 aromatic carbocycles. The van der Waals surface area contributed by atoms with E-state index in [4.69, 9.17) is 0 Å². The van der Waals surface area contributed by atoms with Gasteiger partial charge in [-0.2, -0.15) is 0 Å². The fourth-order valence-corrected chi connectivity index (χ4v) is 2.92. The summed E-state index contributed by atoms with van der Waals surface area (Å²) in [5, 5.41) is 6.50. The van der Waals surface area contributed by atoms with Gasteiger partial charge in [-0.25, -0.2) is 0 Å². The van der Waals surface area contributed by atoms with Crippen LogP contribution in [0.2, 0.25) is 0 Å². The van der Waals surface area contributed by atoms with Gasteiger partial charge in [-0.1, -0.05) is 48.5 Å². The van der Waals surface area contributed by atoms with Crippen LogP contribution in [0.1, 0.15) is 19.8 Å². The number of rotatable bonds is 3. The molecule has 1 fully saturated rings. The quantitative estimate of drug-likeness (QED) is 0.906. The van der Waals surface area contributed by atoms with Crippen LogP contribution in [-0.4, -0.2) is 18.5 Å². The molecule has 2 unspecified atom stereocenters. The first kappa shape index (κ1) is 14.8. The number of anilines is 1. The predicted octanol–water partition coefficient (Wildman–Crippen LogP) is 3.68. The molecular formula is C19H22N2O. The van der Waals surface area contributed by atoms with Crippen LogP contribution < -0.4 is 10.6 Å². The van der Waals surface area contributed by atoms with E-state index < -0.39 is 0 Å². The van der Waals surface area contributed by atoms with Gasteiger partial charge in [0.1, 0.15) is 0 Å². The maximum Gasteiger partial charge on any atom is 0.228 e. The third-order valence-electron chi connectivity index (χ3n) is 4.30. The van der Waals surface area contributed by atoms with Crippen LogP contribution >= 0.6 is 0 Å². The standard InChI is InChI=1S/C19H22N2O/c1-14-11-12-16(13-20-14)19(22)21-18-10-6-5-9-17(18)15-7-3-2-4-8-15/h2-10,14,16,20H,11-13H2,1H3,(H,21,22). The molecule has 1 heterocycles. The van der Waals surface area contributed by atoms with E-state index in [1.54, 1.807) is 0 Å². The van der Waals surface area contributed by atoms with Crippen molar-refractivity contribution in [1.82, 2.24) is 5.32 Å². The molecule has 2 atom stereocenters. The molecule has 0 aliphatic carbocycles. The number of carbonyl (C=O) groups is 1. The number of carbonyl (C=O) groups excluding carboxylic acids is 1. The molecule has 0 saturated carbocycles. The van der Waals surface area contributed by atoms with Gasteiger partial charge in [0.2, 0.25) is 5.91 Å². The molecule has 1 saturated heterocycles. The predicted molar refractivity (Wildman–Crippen MR) is 90.7 cm³/mol. The molecule has 1 aliphatic heterocycles. The lowest BCUT2D eigenvalue weighted by molar-refractivity contribution is -0.120. The Morgan fingerprint density at radius 2 is 1.77 bits per heavy atom. The van der Waals surface area contributed by atoms with Gasteiger partial charge in [0.15, 0.2) is 0 Å². The molecule has 2 aromatic rings. The molecule has 3 rings (SSSR count). The van der Waals surface area contributed by atoms with Crippen molar-refractivity contribution in [2.75, 3.05) is 11.9 Å². The van der Waals surface area contributed by atoms with Crippen LogP contribution in [0.15, 0.2) is 54.6 Å². The van der Waals surface area contributed by atoms with Crippen LogP contribution in [0.25, 0.3) is 11.1 Å². The summed E-state index contributed by atoms with van der Waals surface area (Å²) in [5.41, 5.74) is 3.07. The Balaban J connectivity index is 1.77. The second kappa shape index (κ2) is 6.75. The van der Waals surface area contributed by atoms with Gasteiger partial charge in [-0.3, -0.25) is 4.79 Å². The number of para-hydroxylation sites is 1. The monoisotopic (exact) mass is 294 g/mol. The Morgan fingerprint density at radius 3 is 2.50 bits per heavy atom. The van der Waals surface area contributed by atoms with Crippen molar-refractivity contribution in [2.45, 2.75) is 25.8 Å². The maximum atomic E-state index is 12.5. The Labute approximate surface area is 131 Å². The summed E-state index contributed by atoms with van der Waals surface area (Å²) in [6.45, 7) is 2.93. The van der Waals surface area contributed by atoms with Crippen LogP contribution in [-0.2, 0) is 4.79 Å². The maximum absolute atomic E-state index is 12.5. The fourth-order valence-electron chi connectivity index (χ4n) is 2.92.